The van der Waals surface area contributed by atoms with E-state index in [4.69, 9.17) is 0 Å². The zero-order chi connectivity index (χ0) is 23.3. The largest absolute Gasteiger partial charge is 0.370 e. The van der Waals surface area contributed by atoms with Crippen molar-refractivity contribution in [2.24, 2.45) is 0 Å². The molecule has 0 spiro atoms. The van der Waals surface area contributed by atoms with Crippen LogP contribution in [0.1, 0.15) is 23.6 Å². The van der Waals surface area contributed by atoms with Crippen molar-refractivity contribution in [2.75, 3.05) is 13.6 Å². The second-order valence-corrected chi connectivity index (χ2v) is 8.97. The van der Waals surface area contributed by atoms with E-state index in [0.717, 1.165) is 25.1 Å². The van der Waals surface area contributed by atoms with Gasteiger partial charge < -0.3 is 4.90 Å². The van der Waals surface area contributed by atoms with Gasteiger partial charge in [-0.05, 0) is 66.3 Å². The summed E-state index contributed by atoms with van der Waals surface area (Å²) in [5, 5.41) is 0. The van der Waals surface area contributed by atoms with E-state index in [-0.39, 0.29) is 0 Å². The lowest BCUT2D eigenvalue weighted by molar-refractivity contribution is 0.528. The van der Waals surface area contributed by atoms with Crippen LogP contribution in [0.15, 0.2) is 115 Å². The second-order valence-electron chi connectivity index (χ2n) is 8.97. The molecule has 34 heavy (non-hydrogen) atoms. The molecule has 0 bridgehead atoms. The highest BCUT2D eigenvalue weighted by atomic mass is 15.1. The lowest BCUT2D eigenvalue weighted by Gasteiger charge is -2.27. The summed E-state index contributed by atoms with van der Waals surface area (Å²) in [6, 6.07) is 32.4. The van der Waals surface area contributed by atoms with Crippen molar-refractivity contribution >= 4 is 5.70 Å². The molecule has 5 rings (SSSR count). The third kappa shape index (κ3) is 4.72. The van der Waals surface area contributed by atoms with E-state index in [1.165, 1.54) is 44.7 Å². The van der Waals surface area contributed by atoms with Crippen molar-refractivity contribution in [1.82, 2.24) is 9.88 Å². The van der Waals surface area contributed by atoms with E-state index >= 15 is 0 Å². The molecule has 0 saturated heterocycles. The first-order chi connectivity index (χ1) is 16.7. The van der Waals surface area contributed by atoms with Gasteiger partial charge in [0.25, 0.3) is 0 Å². The Morgan fingerprint density at radius 3 is 2.26 bits per heavy atom. The van der Waals surface area contributed by atoms with Crippen molar-refractivity contribution in [3.05, 3.63) is 132 Å². The van der Waals surface area contributed by atoms with E-state index < -0.39 is 0 Å². The van der Waals surface area contributed by atoms with Gasteiger partial charge in [0.15, 0.2) is 0 Å². The molecular formula is C32H30N2. The predicted octanol–water partition coefficient (Wildman–Crippen LogP) is 7.43. The number of hydrogen-bond acceptors (Lipinski definition) is 2. The van der Waals surface area contributed by atoms with Gasteiger partial charge in [-0.2, -0.15) is 0 Å². The van der Waals surface area contributed by atoms with Gasteiger partial charge in [0.05, 0.1) is 5.69 Å². The summed E-state index contributed by atoms with van der Waals surface area (Å²) in [6.45, 7) is 3.13. The molecule has 2 heterocycles. The van der Waals surface area contributed by atoms with Gasteiger partial charge in [0.1, 0.15) is 0 Å². The zero-order valence-electron chi connectivity index (χ0n) is 19.9. The molecule has 0 fully saturated rings. The lowest BCUT2D eigenvalue weighted by Crippen LogP contribution is -2.20. The number of nitrogens with zero attached hydrogens (tertiary/aromatic N) is 2. The summed E-state index contributed by atoms with van der Waals surface area (Å²) in [6.07, 6.45) is 8.42. The van der Waals surface area contributed by atoms with Crippen LogP contribution in [0.3, 0.4) is 0 Å². The maximum Gasteiger partial charge on any atom is 0.0704 e. The fourth-order valence-electron chi connectivity index (χ4n) is 4.67. The molecule has 1 aliphatic heterocycles. The maximum absolute atomic E-state index is 4.60. The van der Waals surface area contributed by atoms with E-state index in [1.807, 2.05) is 12.3 Å². The Morgan fingerprint density at radius 1 is 0.735 bits per heavy atom. The monoisotopic (exact) mass is 442 g/mol. The van der Waals surface area contributed by atoms with Gasteiger partial charge in [-0.25, -0.2) is 0 Å². The maximum atomic E-state index is 4.60. The van der Waals surface area contributed by atoms with E-state index in [2.05, 4.69) is 121 Å². The molecule has 2 heteroatoms. The van der Waals surface area contributed by atoms with Crippen LogP contribution in [0.5, 0.6) is 0 Å². The summed E-state index contributed by atoms with van der Waals surface area (Å²) in [5.41, 5.74) is 11.4. The van der Waals surface area contributed by atoms with Crippen LogP contribution in [-0.2, 0) is 12.8 Å². The normalized spacial score (nSPS) is 13.4. The summed E-state index contributed by atoms with van der Waals surface area (Å²) in [7, 11) is 2.18. The summed E-state index contributed by atoms with van der Waals surface area (Å²) in [4.78, 5) is 6.95. The SMILES string of the molecule is CC1=CCN(C)C(c2cc(-c3ccccc3)ccc2CCc2ccccc2-c2ccccn2)=C1. The molecule has 1 aliphatic rings. The third-order valence-corrected chi connectivity index (χ3v) is 6.58. The number of hydrogen-bond donors (Lipinski definition) is 0. The second kappa shape index (κ2) is 9.93. The van der Waals surface area contributed by atoms with Crippen LogP contribution < -0.4 is 0 Å². The van der Waals surface area contributed by atoms with Crippen LogP contribution >= 0.6 is 0 Å². The molecule has 0 amide bonds. The molecule has 0 atom stereocenters. The average Bonchev–Trinajstić information content (AvgIpc) is 2.90. The van der Waals surface area contributed by atoms with Gasteiger partial charge in [-0.1, -0.05) is 84.4 Å². The van der Waals surface area contributed by atoms with Crippen LogP contribution in [-0.4, -0.2) is 23.5 Å². The van der Waals surface area contributed by atoms with Gasteiger partial charge in [-0.15, -0.1) is 0 Å². The Balaban J connectivity index is 1.52. The highest BCUT2D eigenvalue weighted by Crippen LogP contribution is 2.32. The molecule has 3 aromatic carbocycles. The van der Waals surface area contributed by atoms with E-state index in [1.54, 1.807) is 0 Å². The van der Waals surface area contributed by atoms with Gasteiger partial charge in [-0.3, -0.25) is 4.98 Å². The average molecular weight is 443 g/mol. The minimum atomic E-state index is 0.940. The van der Waals surface area contributed by atoms with Crippen LogP contribution in [0.2, 0.25) is 0 Å². The Morgan fingerprint density at radius 2 is 1.47 bits per heavy atom. The van der Waals surface area contributed by atoms with Gasteiger partial charge in [0.2, 0.25) is 0 Å². The van der Waals surface area contributed by atoms with Crippen LogP contribution in [0, 0.1) is 0 Å². The fraction of sp³-hybridized carbons (Fsp3) is 0.156. The number of aryl methyl sites for hydroxylation is 2. The molecule has 0 N–H and O–H groups in total. The lowest BCUT2D eigenvalue weighted by atomic mass is 9.91. The first-order valence-corrected chi connectivity index (χ1v) is 12.0. The number of allylic oxidation sites excluding steroid dienone is 2. The topological polar surface area (TPSA) is 16.1 Å². The van der Waals surface area contributed by atoms with Crippen LogP contribution in [0.25, 0.3) is 28.1 Å². The predicted molar refractivity (Wildman–Crippen MR) is 143 cm³/mol. The summed E-state index contributed by atoms with van der Waals surface area (Å²) >= 11 is 0. The Bertz CT molecular complexity index is 1330. The number of rotatable bonds is 6. The summed E-state index contributed by atoms with van der Waals surface area (Å²) in [5.74, 6) is 0. The number of aromatic nitrogens is 1. The van der Waals surface area contributed by atoms with Crippen molar-refractivity contribution in [1.29, 1.82) is 0 Å². The molecular weight excluding hydrogens is 412 g/mol. The standard InChI is InChI=1S/C32H30N2/c1-24-19-21-34(2)32(22-24)30-23-28(25-10-4-3-5-11-25)18-17-27(30)16-15-26-12-6-7-13-29(26)31-14-8-9-20-33-31/h3-14,17-20,22-23H,15-16,21H2,1-2H3. The quantitative estimate of drug-likeness (QED) is 0.309. The Hall–Kier alpha value is -3.91. The smallest absolute Gasteiger partial charge is 0.0704 e. The number of benzene rings is 3. The van der Waals surface area contributed by atoms with Crippen molar-refractivity contribution in [2.45, 2.75) is 19.8 Å². The zero-order valence-corrected chi connectivity index (χ0v) is 19.9. The molecule has 1 aromatic heterocycles. The first-order valence-electron chi connectivity index (χ1n) is 12.0. The molecule has 2 nitrogen and oxygen atoms in total. The Labute approximate surface area is 202 Å². The molecule has 4 aromatic rings. The molecule has 0 radical (unpaired) electrons. The van der Waals surface area contributed by atoms with Crippen molar-refractivity contribution < 1.29 is 0 Å². The van der Waals surface area contributed by atoms with E-state index in [9.17, 15) is 0 Å². The Kier molecular flexibility index (Phi) is 6.40. The molecule has 0 aliphatic carbocycles. The fourth-order valence-corrected chi connectivity index (χ4v) is 4.67. The highest BCUT2D eigenvalue weighted by Gasteiger charge is 2.16. The highest BCUT2D eigenvalue weighted by molar-refractivity contribution is 5.76. The minimum Gasteiger partial charge on any atom is -0.370 e. The van der Waals surface area contributed by atoms with Crippen molar-refractivity contribution in [3.8, 4) is 22.4 Å². The number of likely N-dealkylation sites (N-methyl/N-ethyl adjacent to an activating group) is 1. The molecule has 0 unspecified atom stereocenters. The molecule has 168 valence electrons. The van der Waals surface area contributed by atoms with Crippen molar-refractivity contribution in [3.63, 3.8) is 0 Å². The van der Waals surface area contributed by atoms with Gasteiger partial charge >= 0.3 is 0 Å². The van der Waals surface area contributed by atoms with Crippen LogP contribution in [0.4, 0.5) is 0 Å². The first kappa shape index (κ1) is 21.9. The minimum absolute atomic E-state index is 0.940. The van der Waals surface area contributed by atoms with E-state index in [0.29, 0.717) is 0 Å². The number of pyridine rings is 1. The van der Waals surface area contributed by atoms with Gasteiger partial charge in [0, 0.05) is 36.6 Å². The molecule has 0 saturated carbocycles. The third-order valence-electron chi connectivity index (χ3n) is 6.58. The summed E-state index contributed by atoms with van der Waals surface area (Å²) < 4.78 is 0.